The average molecular weight is 247 g/mol. The molecule has 2 N–H and O–H groups in total. The van der Waals surface area contributed by atoms with Crippen molar-refractivity contribution in [1.82, 2.24) is 4.90 Å². The van der Waals surface area contributed by atoms with Gasteiger partial charge in [-0.1, -0.05) is 6.07 Å². The largest absolute Gasteiger partial charge is 0.489 e. The number of nitrogen functional groups attached to an aromatic ring is 1. The van der Waals surface area contributed by atoms with Crippen LogP contribution < -0.4 is 10.5 Å². The fraction of sp³-hybridized carbons (Fsp3) is 0.462. The number of nitrogens with two attached hydrogens (primary N) is 1. The molecule has 2 rings (SSSR count). The number of morpholine rings is 1. The number of benzene rings is 1. The molecular formula is C13H17N3O2. The first-order valence-electron chi connectivity index (χ1n) is 6.03. The fourth-order valence-corrected chi connectivity index (χ4v) is 1.91. The van der Waals surface area contributed by atoms with Crippen molar-refractivity contribution in [2.45, 2.75) is 0 Å². The number of ether oxygens (including phenoxy) is 2. The molecule has 0 radical (unpaired) electrons. The highest BCUT2D eigenvalue weighted by molar-refractivity contribution is 5.60. The van der Waals surface area contributed by atoms with Crippen molar-refractivity contribution in [1.29, 1.82) is 5.26 Å². The number of nitrogens with zero attached hydrogens (tertiary/aromatic N) is 2. The molecule has 1 aromatic carbocycles. The Bertz CT molecular complexity index is 436. The second-order valence-electron chi connectivity index (χ2n) is 4.14. The van der Waals surface area contributed by atoms with Gasteiger partial charge in [-0.3, -0.25) is 4.90 Å². The normalized spacial score (nSPS) is 16.2. The second kappa shape index (κ2) is 6.24. The number of rotatable bonds is 4. The fourth-order valence-electron chi connectivity index (χ4n) is 1.91. The van der Waals surface area contributed by atoms with Gasteiger partial charge in [0.15, 0.2) is 5.75 Å². The lowest BCUT2D eigenvalue weighted by molar-refractivity contribution is 0.0323. The van der Waals surface area contributed by atoms with E-state index < -0.39 is 0 Å². The van der Waals surface area contributed by atoms with Crippen molar-refractivity contribution < 1.29 is 9.47 Å². The van der Waals surface area contributed by atoms with Crippen LogP contribution in [0.2, 0.25) is 0 Å². The standard InChI is InChI=1S/C13H17N3O2/c14-10-11-2-1-3-12(15)13(11)18-9-6-16-4-7-17-8-5-16/h1-3H,4-9,15H2. The minimum atomic E-state index is 0.483. The highest BCUT2D eigenvalue weighted by Crippen LogP contribution is 2.25. The summed E-state index contributed by atoms with van der Waals surface area (Å²) < 4.78 is 10.9. The lowest BCUT2D eigenvalue weighted by atomic mass is 10.2. The minimum Gasteiger partial charge on any atom is -0.489 e. The number of nitriles is 1. The first kappa shape index (κ1) is 12.7. The summed E-state index contributed by atoms with van der Waals surface area (Å²) in [5, 5.41) is 8.98. The topological polar surface area (TPSA) is 71.5 Å². The smallest absolute Gasteiger partial charge is 0.159 e. The van der Waals surface area contributed by atoms with E-state index in [9.17, 15) is 0 Å². The first-order chi connectivity index (χ1) is 8.81. The molecule has 1 fully saturated rings. The van der Waals surface area contributed by atoms with Gasteiger partial charge in [-0.15, -0.1) is 0 Å². The van der Waals surface area contributed by atoms with Gasteiger partial charge in [-0.25, -0.2) is 0 Å². The van der Waals surface area contributed by atoms with Crippen LogP contribution in [0.3, 0.4) is 0 Å². The molecule has 1 aliphatic heterocycles. The van der Waals surface area contributed by atoms with Crippen molar-refractivity contribution in [2.24, 2.45) is 0 Å². The Morgan fingerprint density at radius 1 is 1.39 bits per heavy atom. The molecule has 0 aromatic heterocycles. The summed E-state index contributed by atoms with van der Waals surface area (Å²) in [5.41, 5.74) is 6.80. The summed E-state index contributed by atoms with van der Waals surface area (Å²) in [7, 11) is 0. The summed E-state index contributed by atoms with van der Waals surface area (Å²) in [6.45, 7) is 4.76. The van der Waals surface area contributed by atoms with Gasteiger partial charge in [0.25, 0.3) is 0 Å². The Morgan fingerprint density at radius 3 is 2.89 bits per heavy atom. The van der Waals surface area contributed by atoms with E-state index in [0.29, 0.717) is 23.6 Å². The van der Waals surface area contributed by atoms with E-state index in [-0.39, 0.29) is 0 Å². The molecule has 5 nitrogen and oxygen atoms in total. The Hall–Kier alpha value is -1.77. The summed E-state index contributed by atoms with van der Waals surface area (Å²) in [5.74, 6) is 0.494. The zero-order chi connectivity index (χ0) is 12.8. The Morgan fingerprint density at radius 2 is 2.17 bits per heavy atom. The summed E-state index contributed by atoms with van der Waals surface area (Å²) in [6, 6.07) is 7.29. The van der Waals surface area contributed by atoms with Gasteiger partial charge in [0, 0.05) is 19.6 Å². The number of hydrogen-bond acceptors (Lipinski definition) is 5. The van der Waals surface area contributed by atoms with Gasteiger partial charge >= 0.3 is 0 Å². The third kappa shape index (κ3) is 3.13. The zero-order valence-corrected chi connectivity index (χ0v) is 10.3. The van der Waals surface area contributed by atoms with Gasteiger partial charge in [0.2, 0.25) is 0 Å². The van der Waals surface area contributed by atoms with Crippen LogP contribution in [0.25, 0.3) is 0 Å². The molecule has 0 spiro atoms. The third-order valence-electron chi connectivity index (χ3n) is 2.92. The van der Waals surface area contributed by atoms with Crippen LogP contribution in [0, 0.1) is 11.3 Å². The van der Waals surface area contributed by atoms with Crippen molar-refractivity contribution in [3.63, 3.8) is 0 Å². The predicted octanol–water partition coefficient (Wildman–Crippen LogP) is 0.851. The molecule has 5 heteroatoms. The van der Waals surface area contributed by atoms with Crippen LogP contribution in [0.4, 0.5) is 5.69 Å². The van der Waals surface area contributed by atoms with Crippen LogP contribution >= 0.6 is 0 Å². The van der Waals surface area contributed by atoms with Crippen LogP contribution in [0.1, 0.15) is 5.56 Å². The quantitative estimate of drug-likeness (QED) is 0.799. The monoisotopic (exact) mass is 247 g/mol. The molecule has 0 bridgehead atoms. The maximum atomic E-state index is 8.98. The molecule has 18 heavy (non-hydrogen) atoms. The third-order valence-corrected chi connectivity index (χ3v) is 2.92. The molecule has 1 aromatic rings. The lowest BCUT2D eigenvalue weighted by Gasteiger charge is -2.26. The second-order valence-corrected chi connectivity index (χ2v) is 4.14. The molecule has 1 saturated heterocycles. The Labute approximate surface area is 107 Å². The number of hydrogen-bond donors (Lipinski definition) is 1. The van der Waals surface area contributed by atoms with E-state index in [1.165, 1.54) is 0 Å². The van der Waals surface area contributed by atoms with E-state index in [0.717, 1.165) is 32.8 Å². The molecule has 96 valence electrons. The van der Waals surface area contributed by atoms with E-state index in [4.69, 9.17) is 20.5 Å². The van der Waals surface area contributed by atoms with E-state index >= 15 is 0 Å². The number of anilines is 1. The number of para-hydroxylation sites is 1. The minimum absolute atomic E-state index is 0.483. The summed E-state index contributed by atoms with van der Waals surface area (Å²) in [4.78, 5) is 2.27. The van der Waals surface area contributed by atoms with Crippen molar-refractivity contribution in [3.05, 3.63) is 23.8 Å². The van der Waals surface area contributed by atoms with Crippen molar-refractivity contribution >= 4 is 5.69 Å². The maximum Gasteiger partial charge on any atom is 0.159 e. The van der Waals surface area contributed by atoms with Gasteiger partial charge in [-0.05, 0) is 12.1 Å². The van der Waals surface area contributed by atoms with E-state index in [2.05, 4.69) is 11.0 Å². The van der Waals surface area contributed by atoms with Gasteiger partial charge in [0.05, 0.1) is 24.5 Å². The Balaban J connectivity index is 1.88. The molecule has 0 atom stereocenters. The van der Waals surface area contributed by atoms with Crippen molar-refractivity contribution in [3.8, 4) is 11.8 Å². The van der Waals surface area contributed by atoms with E-state index in [1.807, 2.05) is 0 Å². The molecule has 1 aliphatic rings. The zero-order valence-electron chi connectivity index (χ0n) is 10.3. The lowest BCUT2D eigenvalue weighted by Crippen LogP contribution is -2.38. The van der Waals surface area contributed by atoms with Crippen molar-refractivity contribution in [2.75, 3.05) is 45.2 Å². The molecule has 0 unspecified atom stereocenters. The summed E-state index contributed by atoms with van der Waals surface area (Å²) in [6.07, 6.45) is 0. The van der Waals surface area contributed by atoms with Crippen LogP contribution in [0.15, 0.2) is 18.2 Å². The predicted molar refractivity (Wildman–Crippen MR) is 68.3 cm³/mol. The molecule has 1 heterocycles. The molecular weight excluding hydrogens is 230 g/mol. The van der Waals surface area contributed by atoms with Crippen LogP contribution in [0.5, 0.6) is 5.75 Å². The average Bonchev–Trinajstić information content (AvgIpc) is 2.41. The highest BCUT2D eigenvalue weighted by atomic mass is 16.5. The van der Waals surface area contributed by atoms with Gasteiger partial charge in [-0.2, -0.15) is 5.26 Å². The molecule has 0 amide bonds. The SMILES string of the molecule is N#Cc1cccc(N)c1OCCN1CCOCC1. The molecule has 0 saturated carbocycles. The van der Waals surface area contributed by atoms with Gasteiger partial charge < -0.3 is 15.2 Å². The van der Waals surface area contributed by atoms with Crippen LogP contribution in [-0.4, -0.2) is 44.4 Å². The molecule has 0 aliphatic carbocycles. The van der Waals surface area contributed by atoms with Crippen LogP contribution in [-0.2, 0) is 4.74 Å². The summed E-state index contributed by atoms with van der Waals surface area (Å²) >= 11 is 0. The van der Waals surface area contributed by atoms with Gasteiger partial charge in [0.1, 0.15) is 12.7 Å². The highest BCUT2D eigenvalue weighted by Gasteiger charge is 2.11. The van der Waals surface area contributed by atoms with E-state index in [1.54, 1.807) is 18.2 Å². The first-order valence-corrected chi connectivity index (χ1v) is 6.03. The maximum absolute atomic E-state index is 8.98. The Kier molecular flexibility index (Phi) is 4.40.